The fourth-order valence-electron chi connectivity index (χ4n) is 3.07. The van der Waals surface area contributed by atoms with Gasteiger partial charge in [0.05, 0.1) is 16.8 Å². The number of nitrogens with zero attached hydrogens (tertiary/aromatic N) is 1. The van der Waals surface area contributed by atoms with Crippen LogP contribution in [0, 0.1) is 0 Å². The van der Waals surface area contributed by atoms with E-state index in [1.165, 1.54) is 6.08 Å². The quantitative estimate of drug-likeness (QED) is 0.456. The number of nitrogens with one attached hydrogen (secondary N) is 2. The van der Waals surface area contributed by atoms with E-state index < -0.39 is 18.5 Å². The van der Waals surface area contributed by atoms with Crippen LogP contribution >= 0.6 is 0 Å². The third-order valence-electron chi connectivity index (χ3n) is 4.77. The van der Waals surface area contributed by atoms with E-state index in [-0.39, 0.29) is 11.9 Å². The van der Waals surface area contributed by atoms with Crippen molar-refractivity contribution in [1.29, 1.82) is 0 Å². The minimum absolute atomic E-state index is 0.209. The molecule has 0 radical (unpaired) electrons. The van der Waals surface area contributed by atoms with Crippen molar-refractivity contribution in [2.45, 2.75) is 18.9 Å². The van der Waals surface area contributed by atoms with Crippen molar-refractivity contribution in [3.05, 3.63) is 78.0 Å². The Kier molecular flexibility index (Phi) is 6.03. The van der Waals surface area contributed by atoms with Gasteiger partial charge in [0.25, 0.3) is 11.8 Å². The van der Waals surface area contributed by atoms with Crippen molar-refractivity contribution < 1.29 is 19.1 Å². The van der Waals surface area contributed by atoms with Crippen LogP contribution < -0.4 is 10.6 Å². The van der Waals surface area contributed by atoms with Gasteiger partial charge < -0.3 is 15.4 Å². The summed E-state index contributed by atoms with van der Waals surface area (Å²) < 4.78 is 5.03. The minimum Gasteiger partial charge on any atom is -0.452 e. The summed E-state index contributed by atoms with van der Waals surface area (Å²) in [5.74, 6) is -1.41. The number of hydrogen-bond donors (Lipinski definition) is 2. The van der Waals surface area contributed by atoms with E-state index in [0.29, 0.717) is 11.3 Å². The van der Waals surface area contributed by atoms with Gasteiger partial charge in [0.1, 0.15) is 0 Å². The third-order valence-corrected chi connectivity index (χ3v) is 4.77. The van der Waals surface area contributed by atoms with Gasteiger partial charge in [-0.25, -0.2) is 4.79 Å². The molecule has 1 saturated carbocycles. The van der Waals surface area contributed by atoms with Gasteiger partial charge in [-0.3, -0.25) is 14.6 Å². The Morgan fingerprint density at radius 1 is 1.03 bits per heavy atom. The Labute approximate surface area is 179 Å². The summed E-state index contributed by atoms with van der Waals surface area (Å²) in [6.45, 7) is -0.463. The topological polar surface area (TPSA) is 97.4 Å². The number of esters is 1. The number of rotatable bonds is 7. The molecule has 1 heterocycles. The smallest absolute Gasteiger partial charge is 0.331 e. The van der Waals surface area contributed by atoms with Crippen LogP contribution in [0.5, 0.6) is 0 Å². The Morgan fingerprint density at radius 2 is 1.84 bits per heavy atom. The van der Waals surface area contributed by atoms with E-state index in [4.69, 9.17) is 4.74 Å². The van der Waals surface area contributed by atoms with Gasteiger partial charge in [-0.15, -0.1) is 0 Å². The van der Waals surface area contributed by atoms with Crippen LogP contribution in [0.1, 0.15) is 28.8 Å². The molecule has 0 unspecified atom stereocenters. The normalized spacial score (nSPS) is 13.2. The Bertz CT molecular complexity index is 1160. The lowest BCUT2D eigenvalue weighted by molar-refractivity contribution is -0.142. The molecule has 1 fully saturated rings. The number of amides is 2. The standard InChI is InChI=1S/C24H21N3O4/c28-21(27-20-9-2-1-8-19(20)24(30)26-18-11-12-18)15-31-22(29)13-10-17-6-3-5-16-7-4-14-25-23(16)17/h1-10,13-14,18H,11-12,15H2,(H,26,30)(H,27,28)/b13-10+. The molecule has 3 aromatic rings. The molecule has 31 heavy (non-hydrogen) atoms. The molecule has 4 rings (SSSR count). The highest BCUT2D eigenvalue weighted by atomic mass is 16.5. The Hall–Kier alpha value is -4.00. The van der Waals surface area contributed by atoms with E-state index in [1.807, 2.05) is 30.3 Å². The van der Waals surface area contributed by atoms with Crippen LogP contribution in [0.25, 0.3) is 17.0 Å². The number of pyridine rings is 1. The SMILES string of the molecule is O=C(COC(=O)/C=C/c1cccc2cccnc12)Nc1ccccc1C(=O)NC1CC1. The van der Waals surface area contributed by atoms with Crippen LogP contribution in [0.2, 0.25) is 0 Å². The lowest BCUT2D eigenvalue weighted by Gasteiger charge is -2.11. The molecule has 0 aliphatic heterocycles. The van der Waals surface area contributed by atoms with E-state index in [1.54, 1.807) is 36.5 Å². The molecule has 1 aliphatic rings. The average molecular weight is 415 g/mol. The summed E-state index contributed by atoms with van der Waals surface area (Å²) in [4.78, 5) is 40.9. The maximum atomic E-state index is 12.3. The van der Waals surface area contributed by atoms with Crippen molar-refractivity contribution >= 4 is 40.4 Å². The first-order valence-electron chi connectivity index (χ1n) is 9.98. The highest BCUT2D eigenvalue weighted by Gasteiger charge is 2.25. The molecule has 2 N–H and O–H groups in total. The summed E-state index contributed by atoms with van der Waals surface area (Å²) in [6.07, 6.45) is 6.49. The van der Waals surface area contributed by atoms with Crippen molar-refractivity contribution in [2.24, 2.45) is 0 Å². The van der Waals surface area contributed by atoms with Gasteiger partial charge >= 0.3 is 5.97 Å². The van der Waals surface area contributed by atoms with E-state index in [2.05, 4.69) is 15.6 Å². The number of carbonyl (C=O) groups is 3. The number of para-hydroxylation sites is 2. The lowest BCUT2D eigenvalue weighted by Crippen LogP contribution is -2.27. The maximum Gasteiger partial charge on any atom is 0.331 e. The summed E-state index contributed by atoms with van der Waals surface area (Å²) in [5, 5.41) is 6.48. The highest BCUT2D eigenvalue weighted by molar-refractivity contribution is 6.04. The zero-order valence-electron chi connectivity index (χ0n) is 16.7. The fourth-order valence-corrected chi connectivity index (χ4v) is 3.07. The molecule has 7 heteroatoms. The van der Waals surface area contributed by atoms with Crippen LogP contribution in [0.3, 0.4) is 0 Å². The second-order valence-electron chi connectivity index (χ2n) is 7.20. The van der Waals surface area contributed by atoms with E-state index >= 15 is 0 Å². The summed E-state index contributed by atoms with van der Waals surface area (Å²) in [5.41, 5.74) is 2.29. The van der Waals surface area contributed by atoms with Gasteiger partial charge in [-0.1, -0.05) is 36.4 Å². The number of fused-ring (bicyclic) bond motifs is 1. The van der Waals surface area contributed by atoms with Crippen molar-refractivity contribution in [3.63, 3.8) is 0 Å². The first-order chi connectivity index (χ1) is 15.1. The monoisotopic (exact) mass is 415 g/mol. The molecule has 2 amide bonds. The lowest BCUT2D eigenvalue weighted by atomic mass is 10.1. The first-order valence-corrected chi connectivity index (χ1v) is 9.98. The number of carbonyl (C=O) groups excluding carboxylic acids is 3. The molecule has 2 aromatic carbocycles. The Balaban J connectivity index is 1.33. The second-order valence-corrected chi connectivity index (χ2v) is 7.20. The van der Waals surface area contributed by atoms with E-state index in [9.17, 15) is 14.4 Å². The summed E-state index contributed by atoms with van der Waals surface area (Å²) >= 11 is 0. The largest absolute Gasteiger partial charge is 0.452 e. The minimum atomic E-state index is -0.650. The van der Waals surface area contributed by atoms with Gasteiger partial charge in [0, 0.05) is 29.3 Å². The second kappa shape index (κ2) is 9.21. The number of aromatic nitrogens is 1. The number of ether oxygens (including phenoxy) is 1. The molecule has 0 bridgehead atoms. The molecule has 7 nitrogen and oxygen atoms in total. The van der Waals surface area contributed by atoms with Crippen LogP contribution in [-0.4, -0.2) is 35.4 Å². The molecule has 1 aliphatic carbocycles. The van der Waals surface area contributed by atoms with Gasteiger partial charge in [-0.2, -0.15) is 0 Å². The van der Waals surface area contributed by atoms with Gasteiger partial charge in [-0.05, 0) is 37.1 Å². The number of hydrogen-bond acceptors (Lipinski definition) is 5. The molecule has 156 valence electrons. The predicted octanol–water partition coefficient (Wildman–Crippen LogP) is 3.32. The fraction of sp³-hybridized carbons (Fsp3) is 0.167. The zero-order valence-corrected chi connectivity index (χ0v) is 16.7. The van der Waals surface area contributed by atoms with Crippen molar-refractivity contribution in [1.82, 2.24) is 10.3 Å². The molecule has 0 spiro atoms. The Morgan fingerprint density at radius 3 is 2.68 bits per heavy atom. The maximum absolute atomic E-state index is 12.3. The van der Waals surface area contributed by atoms with E-state index in [0.717, 1.165) is 29.3 Å². The molecule has 1 aromatic heterocycles. The van der Waals surface area contributed by atoms with Gasteiger partial charge in [0.15, 0.2) is 6.61 Å². The van der Waals surface area contributed by atoms with Crippen LogP contribution in [-0.2, 0) is 14.3 Å². The zero-order chi connectivity index (χ0) is 21.6. The first kappa shape index (κ1) is 20.3. The number of benzene rings is 2. The van der Waals surface area contributed by atoms with Gasteiger partial charge in [0.2, 0.25) is 0 Å². The number of anilines is 1. The average Bonchev–Trinajstić information content (AvgIpc) is 3.60. The molecular weight excluding hydrogens is 394 g/mol. The van der Waals surface area contributed by atoms with Crippen molar-refractivity contribution in [2.75, 3.05) is 11.9 Å². The predicted molar refractivity (Wildman–Crippen MR) is 117 cm³/mol. The third kappa shape index (κ3) is 5.33. The van der Waals surface area contributed by atoms with Crippen molar-refractivity contribution in [3.8, 4) is 0 Å². The molecule has 0 saturated heterocycles. The van der Waals surface area contributed by atoms with Crippen LogP contribution in [0.15, 0.2) is 66.9 Å². The summed E-state index contributed by atoms with van der Waals surface area (Å²) in [7, 11) is 0. The summed E-state index contributed by atoms with van der Waals surface area (Å²) in [6, 6.07) is 16.4. The molecular formula is C24H21N3O4. The molecule has 0 atom stereocenters. The highest BCUT2D eigenvalue weighted by Crippen LogP contribution is 2.21. The van der Waals surface area contributed by atoms with Crippen LogP contribution in [0.4, 0.5) is 5.69 Å².